The fourth-order valence-electron chi connectivity index (χ4n) is 2.01. The zero-order valence-electron chi connectivity index (χ0n) is 8.75. The Kier molecular flexibility index (Phi) is 2.23. The van der Waals surface area contributed by atoms with Crippen LogP contribution in [0.15, 0.2) is 12.1 Å². The van der Waals surface area contributed by atoms with Gasteiger partial charge in [-0.05, 0) is 25.5 Å². The molecule has 2 rings (SSSR count). The lowest BCUT2D eigenvalue weighted by atomic mass is 10.1. The average molecular weight is 208 g/mol. The van der Waals surface area contributed by atoms with Gasteiger partial charge >= 0.3 is 0 Å². The van der Waals surface area contributed by atoms with Gasteiger partial charge in [0.05, 0.1) is 5.69 Å². The van der Waals surface area contributed by atoms with Crippen molar-refractivity contribution in [3.8, 4) is 0 Å². The van der Waals surface area contributed by atoms with Crippen LogP contribution in [0.2, 0.25) is 0 Å². The van der Waals surface area contributed by atoms with Crippen LogP contribution in [0.25, 0.3) is 0 Å². The van der Waals surface area contributed by atoms with Crippen LogP contribution in [0.1, 0.15) is 24.1 Å². The van der Waals surface area contributed by atoms with Gasteiger partial charge in [0.1, 0.15) is 11.9 Å². The van der Waals surface area contributed by atoms with Crippen LogP contribution in [0.3, 0.4) is 0 Å². The average Bonchev–Trinajstić information content (AvgIpc) is 2.42. The summed E-state index contributed by atoms with van der Waals surface area (Å²) in [5, 5.41) is 0. The number of likely N-dealkylation sites (N-methyl/N-ethyl adjacent to an activating group) is 1. The number of amides is 1. The summed E-state index contributed by atoms with van der Waals surface area (Å²) in [5.74, 6) is -0.592. The van der Waals surface area contributed by atoms with Crippen LogP contribution in [0.4, 0.5) is 10.1 Å². The number of hydrogen-bond donors (Lipinski definition) is 1. The number of nitrogens with two attached hydrogens (primary N) is 1. The monoisotopic (exact) mass is 208 g/mol. The maximum Gasteiger partial charge on any atom is 0.248 e. The minimum Gasteiger partial charge on any atom is -0.316 e. The van der Waals surface area contributed by atoms with Gasteiger partial charge in [0, 0.05) is 12.1 Å². The van der Waals surface area contributed by atoms with Gasteiger partial charge in [0.25, 0.3) is 0 Å². The molecule has 0 spiro atoms. The second-order valence-electron chi connectivity index (χ2n) is 3.74. The molecule has 0 saturated heterocycles. The van der Waals surface area contributed by atoms with Crippen LogP contribution in [0.5, 0.6) is 0 Å². The number of rotatable bonds is 1. The smallest absolute Gasteiger partial charge is 0.248 e. The Morgan fingerprint density at radius 2 is 2.20 bits per heavy atom. The van der Waals surface area contributed by atoms with E-state index in [4.69, 9.17) is 5.73 Å². The molecule has 0 fully saturated rings. The first kappa shape index (κ1) is 10.1. The highest BCUT2D eigenvalue weighted by molar-refractivity contribution is 6.04. The lowest BCUT2D eigenvalue weighted by molar-refractivity contribution is -0.119. The molecule has 0 bridgehead atoms. The van der Waals surface area contributed by atoms with Crippen molar-refractivity contribution in [1.29, 1.82) is 0 Å². The summed E-state index contributed by atoms with van der Waals surface area (Å²) >= 11 is 0. The summed E-state index contributed by atoms with van der Waals surface area (Å²) in [6.45, 7) is 4.04. The van der Waals surface area contributed by atoms with E-state index in [0.717, 1.165) is 5.56 Å². The van der Waals surface area contributed by atoms with Crippen molar-refractivity contribution in [3.05, 3.63) is 29.1 Å². The predicted molar refractivity (Wildman–Crippen MR) is 56.1 cm³/mol. The lowest BCUT2D eigenvalue weighted by Gasteiger charge is -2.15. The lowest BCUT2D eigenvalue weighted by Crippen LogP contribution is -2.31. The van der Waals surface area contributed by atoms with E-state index < -0.39 is 6.04 Å². The van der Waals surface area contributed by atoms with Gasteiger partial charge in [0.2, 0.25) is 5.91 Å². The molecule has 1 aliphatic rings. The molecular weight excluding hydrogens is 195 g/mol. The van der Waals surface area contributed by atoms with E-state index in [2.05, 4.69) is 0 Å². The molecule has 4 heteroatoms. The standard InChI is InChI=1S/C11H13FN2O/c1-3-14-10-7(9(13)11(14)15)4-6(2)5-8(10)12/h4-5,9H,3,13H2,1-2H3. The largest absolute Gasteiger partial charge is 0.316 e. The van der Waals surface area contributed by atoms with E-state index in [-0.39, 0.29) is 11.7 Å². The van der Waals surface area contributed by atoms with E-state index in [0.29, 0.717) is 17.8 Å². The van der Waals surface area contributed by atoms with Crippen molar-refractivity contribution in [2.45, 2.75) is 19.9 Å². The van der Waals surface area contributed by atoms with Crippen LogP contribution < -0.4 is 10.6 Å². The fraction of sp³-hybridized carbons (Fsp3) is 0.364. The summed E-state index contributed by atoms with van der Waals surface area (Å²) in [5.41, 5.74) is 7.46. The molecule has 0 radical (unpaired) electrons. The molecule has 1 atom stereocenters. The summed E-state index contributed by atoms with van der Waals surface area (Å²) < 4.78 is 13.7. The number of halogens is 1. The zero-order valence-corrected chi connectivity index (χ0v) is 8.75. The number of fused-ring (bicyclic) bond motifs is 1. The van der Waals surface area contributed by atoms with E-state index in [1.54, 1.807) is 19.9 Å². The summed E-state index contributed by atoms with van der Waals surface area (Å²) in [4.78, 5) is 13.1. The molecule has 0 aliphatic carbocycles. The molecule has 1 unspecified atom stereocenters. The maximum atomic E-state index is 13.7. The van der Waals surface area contributed by atoms with Crippen LogP contribution >= 0.6 is 0 Å². The molecule has 3 nitrogen and oxygen atoms in total. The molecule has 80 valence electrons. The highest BCUT2D eigenvalue weighted by Crippen LogP contribution is 2.37. The topological polar surface area (TPSA) is 46.3 Å². The van der Waals surface area contributed by atoms with Gasteiger partial charge in [-0.15, -0.1) is 0 Å². The molecule has 0 saturated carbocycles. The summed E-state index contributed by atoms with van der Waals surface area (Å²) in [6.07, 6.45) is 0. The normalized spacial score (nSPS) is 19.6. The Hall–Kier alpha value is -1.42. The van der Waals surface area contributed by atoms with Crippen molar-refractivity contribution in [3.63, 3.8) is 0 Å². The zero-order chi connectivity index (χ0) is 11.2. The molecule has 1 amide bonds. The third kappa shape index (κ3) is 1.33. The van der Waals surface area contributed by atoms with Gasteiger partial charge in [-0.2, -0.15) is 0 Å². The van der Waals surface area contributed by atoms with Gasteiger partial charge in [0.15, 0.2) is 0 Å². The minimum atomic E-state index is -0.714. The van der Waals surface area contributed by atoms with E-state index in [1.165, 1.54) is 11.0 Å². The molecule has 1 heterocycles. The number of carbonyl (C=O) groups is 1. The molecule has 1 aliphatic heterocycles. The van der Waals surface area contributed by atoms with Gasteiger partial charge in [-0.3, -0.25) is 4.79 Å². The summed E-state index contributed by atoms with van der Waals surface area (Å²) in [7, 11) is 0. The van der Waals surface area contributed by atoms with Crippen LogP contribution in [-0.4, -0.2) is 12.5 Å². The minimum absolute atomic E-state index is 0.225. The van der Waals surface area contributed by atoms with Crippen LogP contribution in [0, 0.1) is 12.7 Å². The van der Waals surface area contributed by atoms with Crippen LogP contribution in [-0.2, 0) is 4.79 Å². The Morgan fingerprint density at radius 3 is 2.80 bits per heavy atom. The van der Waals surface area contributed by atoms with Crippen molar-refractivity contribution >= 4 is 11.6 Å². The van der Waals surface area contributed by atoms with Gasteiger partial charge in [-0.1, -0.05) is 6.07 Å². The molecule has 15 heavy (non-hydrogen) atoms. The molecule has 1 aromatic carbocycles. The molecule has 1 aromatic rings. The van der Waals surface area contributed by atoms with Crippen molar-refractivity contribution in [2.24, 2.45) is 5.73 Å². The van der Waals surface area contributed by atoms with Gasteiger partial charge < -0.3 is 10.6 Å². The third-order valence-electron chi connectivity index (χ3n) is 2.69. The Bertz CT molecular complexity index is 431. The van der Waals surface area contributed by atoms with Crippen molar-refractivity contribution in [1.82, 2.24) is 0 Å². The maximum absolute atomic E-state index is 13.7. The number of carbonyl (C=O) groups excluding carboxylic acids is 1. The highest BCUT2D eigenvalue weighted by Gasteiger charge is 2.36. The Morgan fingerprint density at radius 1 is 1.53 bits per heavy atom. The first-order valence-corrected chi connectivity index (χ1v) is 4.93. The SMILES string of the molecule is CCN1C(=O)C(N)c2cc(C)cc(F)c21. The second kappa shape index (κ2) is 3.31. The first-order chi connectivity index (χ1) is 7.06. The van der Waals surface area contributed by atoms with E-state index >= 15 is 0 Å². The number of benzene rings is 1. The molecule has 0 aromatic heterocycles. The van der Waals surface area contributed by atoms with Crippen molar-refractivity contribution in [2.75, 3.05) is 11.4 Å². The Balaban J connectivity index is 2.65. The molecular formula is C11H13FN2O. The van der Waals surface area contributed by atoms with Crippen molar-refractivity contribution < 1.29 is 9.18 Å². The summed E-state index contributed by atoms with van der Waals surface area (Å²) in [6, 6.07) is 2.48. The third-order valence-corrected chi connectivity index (χ3v) is 2.69. The fourth-order valence-corrected chi connectivity index (χ4v) is 2.01. The predicted octanol–water partition coefficient (Wildman–Crippen LogP) is 1.50. The Labute approximate surface area is 87.7 Å². The quantitative estimate of drug-likeness (QED) is 0.760. The van der Waals surface area contributed by atoms with Gasteiger partial charge in [-0.25, -0.2) is 4.39 Å². The van der Waals surface area contributed by atoms with E-state index in [9.17, 15) is 9.18 Å². The number of aryl methyl sites for hydroxylation is 1. The first-order valence-electron chi connectivity index (χ1n) is 4.93. The number of anilines is 1. The number of nitrogens with zero attached hydrogens (tertiary/aromatic N) is 1. The molecule has 2 N–H and O–H groups in total. The number of hydrogen-bond acceptors (Lipinski definition) is 2. The second-order valence-corrected chi connectivity index (χ2v) is 3.74. The van der Waals surface area contributed by atoms with E-state index in [1.807, 2.05) is 0 Å². The highest BCUT2D eigenvalue weighted by atomic mass is 19.1.